The maximum Gasteiger partial charge on any atom is 0.244 e. The Morgan fingerprint density at radius 3 is 2.58 bits per heavy atom. The number of nitrogens with zero attached hydrogens (tertiary/aromatic N) is 3. The van der Waals surface area contributed by atoms with Crippen molar-refractivity contribution < 1.29 is 19.0 Å². The molecule has 1 N–H and O–H groups in total. The van der Waals surface area contributed by atoms with Crippen LogP contribution in [-0.4, -0.2) is 48.4 Å². The lowest BCUT2D eigenvalue weighted by molar-refractivity contribution is -0.116. The van der Waals surface area contributed by atoms with Gasteiger partial charge in [0.2, 0.25) is 10.9 Å². The lowest BCUT2D eigenvalue weighted by Crippen LogP contribution is -2.23. The quantitative estimate of drug-likeness (QED) is 0.379. The second-order valence-electron chi connectivity index (χ2n) is 7.07. The van der Waals surface area contributed by atoms with E-state index in [1.807, 2.05) is 46.3 Å². The van der Waals surface area contributed by atoms with E-state index in [1.54, 1.807) is 33.5 Å². The molecule has 0 saturated heterocycles. The van der Waals surface area contributed by atoms with E-state index >= 15 is 0 Å². The van der Waals surface area contributed by atoms with Crippen molar-refractivity contribution in [2.75, 3.05) is 27.9 Å². The zero-order valence-electron chi connectivity index (χ0n) is 18.6. The average molecular weight is 465 g/mol. The van der Waals surface area contributed by atoms with Crippen LogP contribution in [0.1, 0.15) is 11.3 Å². The Bertz CT molecular complexity index is 1280. The number of carbonyl (C=O) groups is 1. The lowest BCUT2D eigenvalue weighted by atomic mass is 10.2. The number of methoxy groups -OCH3 is 3. The Labute approximate surface area is 195 Å². The molecular weight excluding hydrogens is 440 g/mol. The third-order valence-electron chi connectivity index (χ3n) is 5.01. The highest BCUT2D eigenvalue weighted by molar-refractivity contribution is 7.15. The Morgan fingerprint density at radius 2 is 1.85 bits per heavy atom. The molecule has 0 saturated carbocycles. The fourth-order valence-corrected chi connectivity index (χ4v) is 4.12. The van der Waals surface area contributed by atoms with Gasteiger partial charge in [-0.15, -0.1) is 16.4 Å². The molecule has 0 unspecified atom stereocenters. The van der Waals surface area contributed by atoms with Crippen molar-refractivity contribution in [3.63, 3.8) is 0 Å². The van der Waals surface area contributed by atoms with Crippen molar-refractivity contribution in [2.24, 2.45) is 0 Å². The molecule has 0 aliphatic heterocycles. The number of hydrogen-bond acceptors (Lipinski definition) is 7. The van der Waals surface area contributed by atoms with E-state index in [-0.39, 0.29) is 5.91 Å². The number of nitrogens with one attached hydrogen (secondary N) is 1. The molecular formula is C24H24N4O4S. The molecule has 0 fully saturated rings. The van der Waals surface area contributed by atoms with Gasteiger partial charge in [-0.05, 0) is 48.0 Å². The van der Waals surface area contributed by atoms with Crippen molar-refractivity contribution in [1.82, 2.24) is 19.9 Å². The van der Waals surface area contributed by atoms with Gasteiger partial charge in [-0.25, -0.2) is 4.52 Å². The first-order valence-electron chi connectivity index (χ1n) is 10.3. The second kappa shape index (κ2) is 10.2. The molecule has 4 aromatic rings. The minimum atomic E-state index is -0.172. The molecule has 0 aliphatic carbocycles. The Kier molecular flexibility index (Phi) is 6.89. The van der Waals surface area contributed by atoms with Crippen LogP contribution in [0.4, 0.5) is 0 Å². The SMILES string of the molecule is COc1ccc(-c2nc3scc(CCNC(=O)C=Cc4ccc(OC)c(OC)c4)n3n2)cc1. The first kappa shape index (κ1) is 22.3. The molecule has 170 valence electrons. The molecule has 0 atom stereocenters. The van der Waals surface area contributed by atoms with E-state index in [9.17, 15) is 4.79 Å². The smallest absolute Gasteiger partial charge is 0.244 e. The maximum atomic E-state index is 12.2. The molecule has 2 aromatic carbocycles. The van der Waals surface area contributed by atoms with Gasteiger partial charge in [0, 0.05) is 30.0 Å². The van der Waals surface area contributed by atoms with E-state index in [4.69, 9.17) is 14.2 Å². The van der Waals surface area contributed by atoms with E-state index in [2.05, 4.69) is 15.4 Å². The summed E-state index contributed by atoms with van der Waals surface area (Å²) in [7, 11) is 4.80. The molecule has 33 heavy (non-hydrogen) atoms. The van der Waals surface area contributed by atoms with Gasteiger partial charge in [0.05, 0.1) is 27.0 Å². The number of ether oxygens (including phenoxy) is 3. The van der Waals surface area contributed by atoms with Crippen molar-refractivity contribution >= 4 is 28.3 Å². The molecule has 2 aromatic heterocycles. The van der Waals surface area contributed by atoms with Crippen LogP contribution in [0.25, 0.3) is 22.4 Å². The number of thiazole rings is 1. The van der Waals surface area contributed by atoms with Gasteiger partial charge in [0.1, 0.15) is 5.75 Å². The van der Waals surface area contributed by atoms with Gasteiger partial charge in [-0.2, -0.15) is 4.98 Å². The fraction of sp³-hybridized carbons (Fsp3) is 0.208. The van der Waals surface area contributed by atoms with E-state index < -0.39 is 0 Å². The molecule has 4 rings (SSSR count). The monoisotopic (exact) mass is 464 g/mol. The molecule has 2 heterocycles. The molecule has 0 aliphatic rings. The van der Waals surface area contributed by atoms with Crippen LogP contribution in [0, 0.1) is 0 Å². The lowest BCUT2D eigenvalue weighted by Gasteiger charge is -2.07. The van der Waals surface area contributed by atoms with Crippen molar-refractivity contribution in [2.45, 2.75) is 6.42 Å². The normalized spacial score (nSPS) is 11.1. The Balaban J connectivity index is 1.35. The molecule has 8 nitrogen and oxygen atoms in total. The summed E-state index contributed by atoms with van der Waals surface area (Å²) in [6.07, 6.45) is 3.88. The highest BCUT2D eigenvalue weighted by Crippen LogP contribution is 2.28. The third-order valence-corrected chi connectivity index (χ3v) is 5.88. The van der Waals surface area contributed by atoms with Crippen LogP contribution in [0.2, 0.25) is 0 Å². The van der Waals surface area contributed by atoms with Crippen LogP contribution >= 0.6 is 11.3 Å². The van der Waals surface area contributed by atoms with Crippen LogP contribution in [0.5, 0.6) is 17.2 Å². The van der Waals surface area contributed by atoms with Crippen LogP contribution < -0.4 is 19.5 Å². The van der Waals surface area contributed by atoms with Gasteiger partial charge >= 0.3 is 0 Å². The van der Waals surface area contributed by atoms with Crippen LogP contribution in [0.15, 0.2) is 53.9 Å². The van der Waals surface area contributed by atoms with Gasteiger partial charge in [-0.1, -0.05) is 6.07 Å². The number of rotatable bonds is 9. The van der Waals surface area contributed by atoms with Gasteiger partial charge in [0.25, 0.3) is 0 Å². The number of benzene rings is 2. The van der Waals surface area contributed by atoms with Crippen molar-refractivity contribution in [3.05, 3.63) is 65.2 Å². The van der Waals surface area contributed by atoms with Crippen LogP contribution in [-0.2, 0) is 11.2 Å². The van der Waals surface area contributed by atoms with Gasteiger partial charge < -0.3 is 19.5 Å². The summed E-state index contributed by atoms with van der Waals surface area (Å²) >= 11 is 1.53. The number of fused-ring (bicyclic) bond motifs is 1. The van der Waals surface area contributed by atoms with E-state index in [0.717, 1.165) is 27.5 Å². The Hall–Kier alpha value is -3.85. The van der Waals surface area contributed by atoms with E-state index in [1.165, 1.54) is 17.4 Å². The first-order chi connectivity index (χ1) is 16.1. The summed E-state index contributed by atoms with van der Waals surface area (Å²) < 4.78 is 17.5. The highest BCUT2D eigenvalue weighted by Gasteiger charge is 2.12. The number of aromatic nitrogens is 3. The predicted molar refractivity (Wildman–Crippen MR) is 128 cm³/mol. The molecule has 0 spiro atoms. The minimum absolute atomic E-state index is 0.172. The average Bonchev–Trinajstić information content (AvgIpc) is 3.44. The fourth-order valence-electron chi connectivity index (χ4n) is 3.26. The molecule has 0 bridgehead atoms. The van der Waals surface area contributed by atoms with Gasteiger partial charge in [0.15, 0.2) is 17.3 Å². The highest BCUT2D eigenvalue weighted by atomic mass is 32.1. The number of hydrogen-bond donors (Lipinski definition) is 1. The third kappa shape index (κ3) is 5.15. The minimum Gasteiger partial charge on any atom is -0.497 e. The summed E-state index contributed by atoms with van der Waals surface area (Å²) in [5.74, 6) is 2.53. The van der Waals surface area contributed by atoms with Crippen molar-refractivity contribution in [1.29, 1.82) is 0 Å². The zero-order chi connectivity index (χ0) is 23.2. The second-order valence-corrected chi connectivity index (χ2v) is 7.91. The number of carbonyl (C=O) groups excluding carboxylic acids is 1. The predicted octanol–water partition coefficient (Wildman–Crippen LogP) is 3.86. The zero-order valence-corrected chi connectivity index (χ0v) is 19.4. The standard InChI is InChI=1S/C24H24N4O4S/c1-30-19-8-6-17(7-9-19)23-26-24-28(27-23)18(15-33-24)12-13-25-22(29)11-5-16-4-10-20(31-2)21(14-16)32-3/h4-11,14-15H,12-13H2,1-3H3,(H,25,29). The summed E-state index contributed by atoms with van der Waals surface area (Å²) in [6.45, 7) is 0.485. The summed E-state index contributed by atoms with van der Waals surface area (Å²) in [5.41, 5.74) is 2.76. The van der Waals surface area contributed by atoms with Gasteiger partial charge in [-0.3, -0.25) is 4.79 Å². The molecule has 1 amide bonds. The molecule has 9 heteroatoms. The molecule has 0 radical (unpaired) electrons. The summed E-state index contributed by atoms with van der Waals surface area (Å²) in [5, 5.41) is 9.55. The van der Waals surface area contributed by atoms with Crippen molar-refractivity contribution in [3.8, 4) is 28.6 Å². The largest absolute Gasteiger partial charge is 0.497 e. The Morgan fingerprint density at radius 1 is 1.06 bits per heavy atom. The first-order valence-corrected chi connectivity index (χ1v) is 11.1. The number of amides is 1. The van der Waals surface area contributed by atoms with Crippen LogP contribution in [0.3, 0.4) is 0 Å². The summed E-state index contributed by atoms with van der Waals surface area (Å²) in [4.78, 5) is 17.7. The maximum absolute atomic E-state index is 12.2. The summed E-state index contributed by atoms with van der Waals surface area (Å²) in [6, 6.07) is 13.1. The van der Waals surface area contributed by atoms with E-state index in [0.29, 0.717) is 30.3 Å². The topological polar surface area (TPSA) is 87.0 Å².